The number of carbonyl (C=O) groups excluding carboxylic acids is 1. The molecule has 8 atom stereocenters. The van der Waals surface area contributed by atoms with Gasteiger partial charge in [-0.2, -0.15) is 0 Å². The third-order valence-corrected chi connectivity index (χ3v) is 13.2. The second kappa shape index (κ2) is 8.44. The molecule has 0 spiro atoms. The molecule has 5 fully saturated rings. The Bertz CT molecular complexity index is 882. The minimum Gasteiger partial charge on any atom is -0.396 e. The SMILES string of the molecule is CCC/C=C1\CC2C(C)(CCC3C(C)(C)C(=O)CCC32C)C2CCC3(CO)CCC(C)(C)CC3C12. The van der Waals surface area contributed by atoms with Crippen molar-refractivity contribution in [2.45, 2.75) is 126 Å². The molecule has 0 aromatic heterocycles. The number of aliphatic hydroxyl groups excluding tert-OH is 1. The van der Waals surface area contributed by atoms with Crippen LogP contribution in [0.1, 0.15) is 126 Å². The first kappa shape index (κ1) is 26.0. The molecule has 5 saturated carbocycles. The van der Waals surface area contributed by atoms with Crippen LogP contribution in [0.5, 0.6) is 0 Å². The van der Waals surface area contributed by atoms with E-state index in [0.29, 0.717) is 46.9 Å². The number of hydrogen-bond donors (Lipinski definition) is 1. The van der Waals surface area contributed by atoms with Crippen molar-refractivity contribution in [3.05, 3.63) is 11.6 Å². The molecule has 2 nitrogen and oxygen atoms in total. The van der Waals surface area contributed by atoms with Gasteiger partial charge in [0, 0.05) is 18.4 Å². The summed E-state index contributed by atoms with van der Waals surface area (Å²) in [4.78, 5) is 13.0. The Labute approximate surface area is 216 Å². The molecule has 0 heterocycles. The Hall–Kier alpha value is -0.630. The molecule has 0 amide bonds. The molecule has 198 valence electrons. The summed E-state index contributed by atoms with van der Waals surface area (Å²) in [6.07, 6.45) is 17.0. The van der Waals surface area contributed by atoms with Gasteiger partial charge in [-0.3, -0.25) is 4.79 Å². The third kappa shape index (κ3) is 3.69. The number of unbranched alkanes of at least 4 members (excludes halogenated alkanes) is 1. The number of rotatable bonds is 3. The minimum atomic E-state index is -0.176. The summed E-state index contributed by atoms with van der Waals surface area (Å²) < 4.78 is 0. The second-order valence-electron chi connectivity index (χ2n) is 15.7. The zero-order valence-electron chi connectivity index (χ0n) is 24.0. The van der Waals surface area contributed by atoms with E-state index in [0.717, 1.165) is 18.8 Å². The average Bonchev–Trinajstić information content (AvgIpc) is 2.80. The highest BCUT2D eigenvalue weighted by Gasteiger charge is 2.67. The molecule has 0 radical (unpaired) electrons. The topological polar surface area (TPSA) is 37.3 Å². The van der Waals surface area contributed by atoms with Gasteiger partial charge < -0.3 is 5.11 Å². The molecule has 2 heteroatoms. The Morgan fingerprint density at radius 3 is 2.31 bits per heavy atom. The van der Waals surface area contributed by atoms with Crippen molar-refractivity contribution in [2.75, 3.05) is 6.61 Å². The van der Waals surface area contributed by atoms with E-state index in [9.17, 15) is 9.90 Å². The molecule has 1 N–H and O–H groups in total. The van der Waals surface area contributed by atoms with Gasteiger partial charge in [-0.25, -0.2) is 0 Å². The van der Waals surface area contributed by atoms with Gasteiger partial charge in [-0.1, -0.05) is 66.5 Å². The third-order valence-electron chi connectivity index (χ3n) is 13.2. The monoisotopic (exact) mass is 482 g/mol. The van der Waals surface area contributed by atoms with E-state index in [1.54, 1.807) is 5.57 Å². The van der Waals surface area contributed by atoms with E-state index in [4.69, 9.17) is 0 Å². The lowest BCUT2D eigenvalue weighted by Gasteiger charge is -2.70. The first-order valence-electron chi connectivity index (χ1n) is 15.2. The maximum atomic E-state index is 13.0. The number of aliphatic hydroxyl groups is 1. The van der Waals surface area contributed by atoms with Crippen LogP contribution < -0.4 is 0 Å². The fourth-order valence-corrected chi connectivity index (χ4v) is 11.2. The largest absolute Gasteiger partial charge is 0.396 e. The van der Waals surface area contributed by atoms with Crippen molar-refractivity contribution < 1.29 is 9.90 Å². The lowest BCUT2D eigenvalue weighted by Crippen LogP contribution is -2.64. The molecular formula is C33H54O2. The number of carbonyl (C=O) groups is 1. The van der Waals surface area contributed by atoms with Gasteiger partial charge in [-0.05, 0) is 115 Å². The number of hydrogen-bond acceptors (Lipinski definition) is 2. The van der Waals surface area contributed by atoms with E-state index in [-0.39, 0.29) is 16.2 Å². The van der Waals surface area contributed by atoms with Crippen LogP contribution in [0.2, 0.25) is 0 Å². The number of ketones is 1. The standard InChI is InChI=1S/C33H54O2/c1-8-9-10-22-19-26-31(6,14-12-25-30(4,5)27(35)13-15-32(25,26)7)23-11-16-33(21-34)18-17-29(2,3)20-24(33)28(22)23/h10,23-26,28,34H,8-9,11-21H2,1-7H3/b22-10+. The Morgan fingerprint density at radius 1 is 0.886 bits per heavy atom. The van der Waals surface area contributed by atoms with Crippen LogP contribution in [0.4, 0.5) is 0 Å². The summed E-state index contributed by atoms with van der Waals surface area (Å²) in [5.74, 6) is 3.73. The van der Waals surface area contributed by atoms with E-state index >= 15 is 0 Å². The summed E-state index contributed by atoms with van der Waals surface area (Å²) in [6.45, 7) is 17.5. The van der Waals surface area contributed by atoms with Crippen LogP contribution in [0.15, 0.2) is 11.6 Å². The van der Waals surface area contributed by atoms with E-state index < -0.39 is 0 Å². The van der Waals surface area contributed by atoms with Crippen LogP contribution >= 0.6 is 0 Å². The van der Waals surface area contributed by atoms with Gasteiger partial charge in [0.2, 0.25) is 0 Å². The fourth-order valence-electron chi connectivity index (χ4n) is 11.2. The van der Waals surface area contributed by atoms with Gasteiger partial charge in [0.25, 0.3) is 0 Å². The summed E-state index contributed by atoms with van der Waals surface area (Å²) >= 11 is 0. The van der Waals surface area contributed by atoms with Crippen LogP contribution in [0, 0.1) is 56.7 Å². The molecule has 0 aromatic carbocycles. The van der Waals surface area contributed by atoms with Crippen LogP contribution in [0.3, 0.4) is 0 Å². The normalized spacial score (nSPS) is 49.5. The molecule has 5 rings (SSSR count). The molecule has 5 aliphatic carbocycles. The molecule has 0 aliphatic heterocycles. The predicted molar refractivity (Wildman–Crippen MR) is 145 cm³/mol. The van der Waals surface area contributed by atoms with Crippen molar-refractivity contribution in [2.24, 2.45) is 56.7 Å². The quantitative estimate of drug-likeness (QED) is 0.410. The van der Waals surface area contributed by atoms with Gasteiger partial charge in [-0.15, -0.1) is 0 Å². The van der Waals surface area contributed by atoms with Gasteiger partial charge in [0.1, 0.15) is 5.78 Å². The highest BCUT2D eigenvalue weighted by molar-refractivity contribution is 5.85. The molecule has 8 unspecified atom stereocenters. The van der Waals surface area contributed by atoms with Crippen LogP contribution in [-0.4, -0.2) is 17.5 Å². The molecule has 0 saturated heterocycles. The fraction of sp³-hybridized carbons (Fsp3) is 0.909. The number of Topliss-reactive ketones (excluding diaryl/α,β-unsaturated/α-hetero) is 1. The summed E-state index contributed by atoms with van der Waals surface area (Å²) in [7, 11) is 0. The Kier molecular flexibility index (Phi) is 6.27. The minimum absolute atomic E-state index is 0.144. The predicted octanol–water partition coefficient (Wildman–Crippen LogP) is 8.38. The van der Waals surface area contributed by atoms with Crippen molar-refractivity contribution >= 4 is 5.78 Å². The molecule has 0 bridgehead atoms. The van der Waals surface area contributed by atoms with Crippen molar-refractivity contribution in [1.29, 1.82) is 0 Å². The molecule has 35 heavy (non-hydrogen) atoms. The highest BCUT2D eigenvalue weighted by Crippen LogP contribution is 2.73. The lowest BCUT2D eigenvalue weighted by atomic mass is 9.34. The lowest BCUT2D eigenvalue weighted by molar-refractivity contribution is -0.195. The smallest absolute Gasteiger partial charge is 0.138 e. The van der Waals surface area contributed by atoms with Crippen LogP contribution in [0.25, 0.3) is 0 Å². The maximum Gasteiger partial charge on any atom is 0.138 e. The summed E-state index contributed by atoms with van der Waals surface area (Å²) in [5, 5.41) is 10.8. The van der Waals surface area contributed by atoms with E-state index in [2.05, 4.69) is 54.5 Å². The Morgan fingerprint density at radius 2 is 1.63 bits per heavy atom. The number of allylic oxidation sites excluding steroid dienone is 2. The second-order valence-corrected chi connectivity index (χ2v) is 15.7. The van der Waals surface area contributed by atoms with Crippen molar-refractivity contribution in [3.63, 3.8) is 0 Å². The first-order chi connectivity index (χ1) is 16.3. The van der Waals surface area contributed by atoms with Crippen molar-refractivity contribution in [1.82, 2.24) is 0 Å². The Balaban J connectivity index is 1.59. The number of fused-ring (bicyclic) bond motifs is 7. The first-order valence-corrected chi connectivity index (χ1v) is 15.2. The molecule has 0 aromatic rings. The summed E-state index contributed by atoms with van der Waals surface area (Å²) in [6, 6.07) is 0. The zero-order valence-corrected chi connectivity index (χ0v) is 24.0. The maximum absolute atomic E-state index is 13.0. The van der Waals surface area contributed by atoms with Gasteiger partial charge >= 0.3 is 0 Å². The summed E-state index contributed by atoms with van der Waals surface area (Å²) in [5.41, 5.74) is 2.74. The van der Waals surface area contributed by atoms with Gasteiger partial charge in [0.15, 0.2) is 0 Å². The van der Waals surface area contributed by atoms with Crippen molar-refractivity contribution in [3.8, 4) is 0 Å². The average molecular weight is 483 g/mol. The molecular weight excluding hydrogens is 428 g/mol. The van der Waals surface area contributed by atoms with E-state index in [1.165, 1.54) is 64.2 Å². The van der Waals surface area contributed by atoms with Crippen LogP contribution in [-0.2, 0) is 4.79 Å². The molecule has 5 aliphatic rings. The van der Waals surface area contributed by atoms with Gasteiger partial charge in [0.05, 0.1) is 0 Å². The zero-order chi connectivity index (χ0) is 25.4. The highest BCUT2D eigenvalue weighted by atomic mass is 16.3. The van der Waals surface area contributed by atoms with E-state index in [1.807, 2.05) is 0 Å².